The van der Waals surface area contributed by atoms with E-state index in [2.05, 4.69) is 6.92 Å². The standard InChI is InChI=1S/C23H32O5/c1-9-10-16(6)27-19-17-11-14(4)15(5)12-18(17)20(28-23(24)13(2)3)22(26-8)21(19)25-7/h11-13,16H,9-10H2,1-8H3. The molecule has 0 saturated heterocycles. The van der Waals surface area contributed by atoms with Crippen LogP contribution >= 0.6 is 0 Å². The van der Waals surface area contributed by atoms with Crippen LogP contribution in [0, 0.1) is 19.8 Å². The van der Waals surface area contributed by atoms with Crippen LogP contribution in [0.1, 0.15) is 51.7 Å². The van der Waals surface area contributed by atoms with Crippen LogP contribution in [0.3, 0.4) is 0 Å². The van der Waals surface area contributed by atoms with Crippen LogP contribution < -0.4 is 18.9 Å². The number of ether oxygens (including phenoxy) is 4. The minimum absolute atomic E-state index is 0.0116. The molecule has 0 amide bonds. The van der Waals surface area contributed by atoms with E-state index < -0.39 is 0 Å². The van der Waals surface area contributed by atoms with Gasteiger partial charge in [0.05, 0.1) is 26.2 Å². The molecular formula is C23H32O5. The summed E-state index contributed by atoms with van der Waals surface area (Å²) in [6.07, 6.45) is 1.94. The van der Waals surface area contributed by atoms with Gasteiger partial charge in [-0.15, -0.1) is 0 Å². The van der Waals surface area contributed by atoms with E-state index in [1.807, 2.05) is 32.9 Å². The first-order chi connectivity index (χ1) is 13.2. The summed E-state index contributed by atoms with van der Waals surface area (Å²) >= 11 is 0. The summed E-state index contributed by atoms with van der Waals surface area (Å²) in [6, 6.07) is 4.06. The minimum atomic E-state index is -0.326. The SMILES string of the molecule is CCCC(C)Oc1c(OC)c(OC)c(OC(=O)C(C)C)c2cc(C)c(C)cc12. The van der Waals surface area contributed by atoms with Gasteiger partial charge in [0.2, 0.25) is 11.5 Å². The van der Waals surface area contributed by atoms with Gasteiger partial charge in [0.25, 0.3) is 0 Å². The van der Waals surface area contributed by atoms with E-state index >= 15 is 0 Å². The molecule has 2 rings (SSSR count). The molecule has 1 unspecified atom stereocenters. The molecule has 0 radical (unpaired) electrons. The zero-order valence-corrected chi connectivity index (χ0v) is 18.3. The minimum Gasteiger partial charge on any atom is -0.490 e. The predicted molar refractivity (Wildman–Crippen MR) is 112 cm³/mol. The van der Waals surface area contributed by atoms with Gasteiger partial charge in [-0.3, -0.25) is 4.79 Å². The van der Waals surface area contributed by atoms with Crippen LogP contribution in [0.5, 0.6) is 23.0 Å². The molecule has 0 aromatic heterocycles. The molecular weight excluding hydrogens is 356 g/mol. The molecule has 0 bridgehead atoms. The summed E-state index contributed by atoms with van der Waals surface area (Å²) in [5, 5.41) is 1.61. The van der Waals surface area contributed by atoms with E-state index in [0.29, 0.717) is 23.0 Å². The van der Waals surface area contributed by atoms with Gasteiger partial charge in [-0.05, 0) is 50.5 Å². The molecule has 0 saturated carbocycles. The fourth-order valence-electron chi connectivity index (χ4n) is 3.12. The molecule has 0 N–H and O–H groups in total. The zero-order valence-electron chi connectivity index (χ0n) is 18.3. The average Bonchev–Trinajstić information content (AvgIpc) is 2.64. The van der Waals surface area contributed by atoms with Crippen molar-refractivity contribution in [3.05, 3.63) is 23.3 Å². The summed E-state index contributed by atoms with van der Waals surface area (Å²) in [5.41, 5.74) is 2.21. The quantitative estimate of drug-likeness (QED) is 0.435. The summed E-state index contributed by atoms with van der Waals surface area (Å²) < 4.78 is 23.3. The lowest BCUT2D eigenvalue weighted by atomic mass is 10.00. The number of fused-ring (bicyclic) bond motifs is 1. The van der Waals surface area contributed by atoms with Crippen LogP contribution in [-0.4, -0.2) is 26.3 Å². The molecule has 0 aliphatic carbocycles. The largest absolute Gasteiger partial charge is 0.490 e. The third-order valence-corrected chi connectivity index (χ3v) is 4.84. The van der Waals surface area contributed by atoms with Crippen molar-refractivity contribution in [3.8, 4) is 23.0 Å². The van der Waals surface area contributed by atoms with Crippen LogP contribution in [0.2, 0.25) is 0 Å². The Labute approximate surface area is 167 Å². The molecule has 2 aromatic rings. The first kappa shape index (κ1) is 21.9. The van der Waals surface area contributed by atoms with Crippen molar-refractivity contribution in [3.63, 3.8) is 0 Å². The molecule has 0 spiro atoms. The van der Waals surface area contributed by atoms with Crippen molar-refractivity contribution in [2.75, 3.05) is 14.2 Å². The van der Waals surface area contributed by atoms with E-state index in [1.54, 1.807) is 21.0 Å². The molecule has 5 nitrogen and oxygen atoms in total. The van der Waals surface area contributed by atoms with Gasteiger partial charge in [0.1, 0.15) is 0 Å². The summed E-state index contributed by atoms with van der Waals surface area (Å²) in [6.45, 7) is 11.8. The van der Waals surface area contributed by atoms with Crippen molar-refractivity contribution in [1.29, 1.82) is 0 Å². The van der Waals surface area contributed by atoms with Crippen LogP contribution in [0.25, 0.3) is 10.8 Å². The maximum atomic E-state index is 12.4. The van der Waals surface area contributed by atoms with E-state index in [0.717, 1.165) is 34.7 Å². The second-order valence-electron chi connectivity index (χ2n) is 7.50. The maximum Gasteiger partial charge on any atom is 0.313 e. The molecule has 5 heteroatoms. The smallest absolute Gasteiger partial charge is 0.313 e. The van der Waals surface area contributed by atoms with Crippen molar-refractivity contribution in [1.82, 2.24) is 0 Å². The summed E-state index contributed by atoms with van der Waals surface area (Å²) in [5.74, 6) is 1.19. The highest BCUT2D eigenvalue weighted by Gasteiger charge is 2.27. The van der Waals surface area contributed by atoms with Gasteiger partial charge >= 0.3 is 5.97 Å². The van der Waals surface area contributed by atoms with Crippen molar-refractivity contribution < 1.29 is 23.7 Å². The molecule has 154 valence electrons. The Kier molecular flexibility index (Phi) is 7.17. The molecule has 1 atom stereocenters. The molecule has 28 heavy (non-hydrogen) atoms. The van der Waals surface area contributed by atoms with Gasteiger partial charge in [0, 0.05) is 10.8 Å². The Hall–Kier alpha value is -2.43. The topological polar surface area (TPSA) is 54.0 Å². The van der Waals surface area contributed by atoms with Crippen LogP contribution in [0.15, 0.2) is 12.1 Å². The highest BCUT2D eigenvalue weighted by molar-refractivity contribution is 6.01. The van der Waals surface area contributed by atoms with Crippen molar-refractivity contribution >= 4 is 16.7 Å². The number of carbonyl (C=O) groups is 1. The average molecular weight is 389 g/mol. The molecule has 0 aliphatic heterocycles. The van der Waals surface area contributed by atoms with Gasteiger partial charge in [0.15, 0.2) is 11.5 Å². The first-order valence-electron chi connectivity index (χ1n) is 9.82. The van der Waals surface area contributed by atoms with E-state index in [1.165, 1.54) is 7.11 Å². The number of rotatable bonds is 8. The van der Waals surface area contributed by atoms with Gasteiger partial charge in [-0.25, -0.2) is 0 Å². The Bertz CT molecular complexity index is 854. The fourth-order valence-corrected chi connectivity index (χ4v) is 3.12. The number of benzene rings is 2. The highest BCUT2D eigenvalue weighted by atomic mass is 16.6. The van der Waals surface area contributed by atoms with E-state index in [-0.39, 0.29) is 18.0 Å². The first-order valence-corrected chi connectivity index (χ1v) is 9.82. The van der Waals surface area contributed by atoms with E-state index in [9.17, 15) is 4.79 Å². The number of aryl methyl sites for hydroxylation is 2. The van der Waals surface area contributed by atoms with Crippen LogP contribution in [-0.2, 0) is 4.79 Å². The number of esters is 1. The van der Waals surface area contributed by atoms with Gasteiger partial charge in [-0.1, -0.05) is 27.2 Å². The predicted octanol–water partition coefficient (Wildman–Crippen LogP) is 5.60. The lowest BCUT2D eigenvalue weighted by Crippen LogP contribution is -2.17. The van der Waals surface area contributed by atoms with Crippen molar-refractivity contribution in [2.24, 2.45) is 5.92 Å². The Morgan fingerprint density at radius 1 is 0.893 bits per heavy atom. The Balaban J connectivity index is 2.84. The Morgan fingerprint density at radius 3 is 1.86 bits per heavy atom. The molecule has 2 aromatic carbocycles. The monoisotopic (exact) mass is 388 g/mol. The number of hydrogen-bond donors (Lipinski definition) is 0. The number of carbonyl (C=O) groups excluding carboxylic acids is 1. The third kappa shape index (κ3) is 4.34. The summed E-state index contributed by atoms with van der Waals surface area (Å²) in [7, 11) is 3.10. The Morgan fingerprint density at radius 2 is 1.39 bits per heavy atom. The number of methoxy groups -OCH3 is 2. The van der Waals surface area contributed by atoms with Crippen LogP contribution in [0.4, 0.5) is 0 Å². The molecule has 0 fully saturated rings. The second kappa shape index (κ2) is 9.18. The lowest BCUT2D eigenvalue weighted by molar-refractivity contribution is -0.137. The van der Waals surface area contributed by atoms with Gasteiger partial charge < -0.3 is 18.9 Å². The number of hydrogen-bond acceptors (Lipinski definition) is 5. The highest BCUT2D eigenvalue weighted by Crippen LogP contribution is 2.52. The normalized spacial score (nSPS) is 12.2. The van der Waals surface area contributed by atoms with Gasteiger partial charge in [-0.2, -0.15) is 0 Å². The maximum absolute atomic E-state index is 12.4. The second-order valence-corrected chi connectivity index (χ2v) is 7.50. The molecule has 0 aliphatic rings. The lowest BCUT2D eigenvalue weighted by Gasteiger charge is -2.23. The molecule has 0 heterocycles. The van der Waals surface area contributed by atoms with Crippen molar-refractivity contribution in [2.45, 2.75) is 60.5 Å². The zero-order chi connectivity index (χ0) is 21.0. The third-order valence-electron chi connectivity index (χ3n) is 4.84. The summed E-state index contributed by atoms with van der Waals surface area (Å²) in [4.78, 5) is 12.4. The van der Waals surface area contributed by atoms with E-state index in [4.69, 9.17) is 18.9 Å². The fraction of sp³-hybridized carbons (Fsp3) is 0.522.